The van der Waals surface area contributed by atoms with Crippen LogP contribution >= 0.6 is 0 Å². The minimum Gasteiger partial charge on any atom is -0.391 e. The molecule has 2 rings (SSSR count). The number of hydrogen-bond donors (Lipinski definition) is 5. The van der Waals surface area contributed by atoms with Crippen LogP contribution in [0.15, 0.2) is 0 Å². The Morgan fingerprint density at radius 3 is 2.33 bits per heavy atom. The minimum absolute atomic E-state index is 0.116. The van der Waals surface area contributed by atoms with Gasteiger partial charge in [0.2, 0.25) is 0 Å². The van der Waals surface area contributed by atoms with Gasteiger partial charge in [0.1, 0.15) is 12.2 Å². The van der Waals surface area contributed by atoms with E-state index in [1.165, 1.54) is 0 Å². The monoisotopic (exact) mass is 175 g/mol. The van der Waals surface area contributed by atoms with Gasteiger partial charge in [-0.05, 0) is 6.42 Å². The minimum atomic E-state index is -1.61. The maximum atomic E-state index is 9.65. The van der Waals surface area contributed by atoms with Crippen LogP contribution in [0.25, 0.3) is 0 Å². The summed E-state index contributed by atoms with van der Waals surface area (Å²) >= 11 is 0. The van der Waals surface area contributed by atoms with Crippen molar-refractivity contribution in [3.8, 4) is 0 Å². The number of rotatable bonds is 0. The molecule has 0 aliphatic carbocycles. The lowest BCUT2D eigenvalue weighted by Crippen LogP contribution is -2.63. The maximum Gasteiger partial charge on any atom is 0.168 e. The highest BCUT2D eigenvalue weighted by atomic mass is 16.4. The summed E-state index contributed by atoms with van der Waals surface area (Å²) < 4.78 is 0. The third-order valence-corrected chi connectivity index (χ3v) is 2.84. The van der Waals surface area contributed by atoms with Crippen LogP contribution in [0.4, 0.5) is 0 Å². The molecule has 0 aromatic heterocycles. The summed E-state index contributed by atoms with van der Waals surface area (Å²) in [5.74, 6) is 0. The summed E-state index contributed by atoms with van der Waals surface area (Å²) in [4.78, 5) is 0. The molecule has 2 saturated heterocycles. The van der Waals surface area contributed by atoms with Crippen molar-refractivity contribution in [2.24, 2.45) is 0 Å². The predicted octanol–water partition coefficient (Wildman–Crippen LogP) is -2.48. The first kappa shape index (κ1) is 8.40. The van der Waals surface area contributed by atoms with E-state index < -0.39 is 24.0 Å². The lowest BCUT2D eigenvalue weighted by Gasteiger charge is -2.37. The highest BCUT2D eigenvalue weighted by molar-refractivity contribution is 5.08. The number of nitrogens with one attached hydrogen (secondary N) is 1. The highest BCUT2D eigenvalue weighted by Crippen LogP contribution is 2.34. The highest BCUT2D eigenvalue weighted by Gasteiger charge is 2.55. The molecule has 2 aliphatic heterocycles. The Hall–Kier alpha value is -0.200. The molecule has 0 saturated carbocycles. The molecule has 2 aliphatic rings. The SMILES string of the molecule is OC1CC(O)C2(O)NC1CC2O. The number of aliphatic hydroxyl groups excluding tert-OH is 3. The van der Waals surface area contributed by atoms with Crippen molar-refractivity contribution in [1.82, 2.24) is 5.32 Å². The van der Waals surface area contributed by atoms with Crippen molar-refractivity contribution in [3.05, 3.63) is 0 Å². The van der Waals surface area contributed by atoms with Gasteiger partial charge in [-0.2, -0.15) is 0 Å². The van der Waals surface area contributed by atoms with E-state index in [0.717, 1.165) is 0 Å². The van der Waals surface area contributed by atoms with Crippen LogP contribution in [0.5, 0.6) is 0 Å². The average molecular weight is 175 g/mol. The Balaban J connectivity index is 2.25. The zero-order valence-electron chi connectivity index (χ0n) is 6.51. The van der Waals surface area contributed by atoms with E-state index >= 15 is 0 Å². The number of fused-ring (bicyclic) bond motifs is 2. The first-order valence-electron chi connectivity index (χ1n) is 4.08. The Kier molecular flexibility index (Phi) is 1.68. The van der Waals surface area contributed by atoms with E-state index in [9.17, 15) is 20.4 Å². The lowest BCUT2D eigenvalue weighted by molar-refractivity contribution is -0.166. The molecule has 5 unspecified atom stereocenters. The maximum absolute atomic E-state index is 9.65. The summed E-state index contributed by atoms with van der Waals surface area (Å²) in [6, 6.07) is -0.298. The Morgan fingerprint density at radius 2 is 1.67 bits per heavy atom. The van der Waals surface area contributed by atoms with Gasteiger partial charge in [0.15, 0.2) is 5.72 Å². The Morgan fingerprint density at radius 1 is 1.08 bits per heavy atom. The van der Waals surface area contributed by atoms with Crippen LogP contribution in [0, 0.1) is 0 Å². The van der Waals surface area contributed by atoms with Gasteiger partial charge >= 0.3 is 0 Å². The Bertz CT molecular complexity index is 200. The van der Waals surface area contributed by atoms with E-state index in [-0.39, 0.29) is 18.9 Å². The van der Waals surface area contributed by atoms with Gasteiger partial charge in [0, 0.05) is 12.5 Å². The lowest BCUT2D eigenvalue weighted by atomic mass is 9.96. The third kappa shape index (κ3) is 0.915. The summed E-state index contributed by atoms with van der Waals surface area (Å²) in [7, 11) is 0. The molecule has 70 valence electrons. The second-order valence-electron chi connectivity index (χ2n) is 3.65. The summed E-state index contributed by atoms with van der Waals surface area (Å²) in [6.45, 7) is 0. The topological polar surface area (TPSA) is 93.0 Å². The molecule has 5 nitrogen and oxygen atoms in total. The molecule has 2 bridgehead atoms. The molecule has 5 atom stereocenters. The third-order valence-electron chi connectivity index (χ3n) is 2.84. The van der Waals surface area contributed by atoms with Crippen LogP contribution in [-0.4, -0.2) is 50.5 Å². The molecule has 0 radical (unpaired) electrons. The van der Waals surface area contributed by atoms with Gasteiger partial charge in [-0.15, -0.1) is 0 Å². The van der Waals surface area contributed by atoms with Gasteiger partial charge in [-0.25, -0.2) is 0 Å². The van der Waals surface area contributed by atoms with Crippen molar-refractivity contribution < 1.29 is 20.4 Å². The molecule has 5 N–H and O–H groups in total. The van der Waals surface area contributed by atoms with Gasteiger partial charge in [0.25, 0.3) is 0 Å². The van der Waals surface area contributed by atoms with Crippen LogP contribution in [0.1, 0.15) is 12.8 Å². The smallest absolute Gasteiger partial charge is 0.168 e. The second-order valence-corrected chi connectivity index (χ2v) is 3.65. The quantitative estimate of drug-likeness (QED) is 0.281. The van der Waals surface area contributed by atoms with Crippen LogP contribution in [0.2, 0.25) is 0 Å². The van der Waals surface area contributed by atoms with E-state index in [1.54, 1.807) is 0 Å². The van der Waals surface area contributed by atoms with Gasteiger partial charge < -0.3 is 20.4 Å². The van der Waals surface area contributed by atoms with Crippen molar-refractivity contribution in [2.45, 2.75) is 42.9 Å². The number of hydrogen-bond acceptors (Lipinski definition) is 5. The summed E-state index contributed by atoms with van der Waals surface area (Å²) in [5.41, 5.74) is -1.61. The van der Waals surface area contributed by atoms with E-state index in [1.807, 2.05) is 0 Å². The zero-order valence-corrected chi connectivity index (χ0v) is 6.51. The normalized spacial score (nSPS) is 59.0. The molecule has 2 heterocycles. The van der Waals surface area contributed by atoms with Crippen molar-refractivity contribution in [2.75, 3.05) is 0 Å². The molecule has 0 spiro atoms. The van der Waals surface area contributed by atoms with Crippen molar-refractivity contribution in [3.63, 3.8) is 0 Å². The second kappa shape index (κ2) is 2.40. The van der Waals surface area contributed by atoms with Gasteiger partial charge in [-0.1, -0.05) is 0 Å². The van der Waals surface area contributed by atoms with Crippen LogP contribution in [-0.2, 0) is 0 Å². The fourth-order valence-corrected chi connectivity index (χ4v) is 2.02. The van der Waals surface area contributed by atoms with Gasteiger partial charge in [0.05, 0.1) is 6.10 Å². The molecule has 0 aromatic rings. The molecule has 0 amide bonds. The summed E-state index contributed by atoms with van der Waals surface area (Å²) in [6.07, 6.45) is -2.37. The molecule has 12 heavy (non-hydrogen) atoms. The van der Waals surface area contributed by atoms with E-state index in [2.05, 4.69) is 5.32 Å². The van der Waals surface area contributed by atoms with E-state index in [4.69, 9.17) is 0 Å². The standard InChI is InChI=1S/C7H13NO4/c9-4-2-6(11)7(12)5(10)1-3(4)8-7/h3-6,8-12H,1-2H2. The number of aliphatic hydroxyl groups is 4. The van der Waals surface area contributed by atoms with Crippen LogP contribution in [0.3, 0.4) is 0 Å². The Labute approximate surface area is 69.6 Å². The summed E-state index contributed by atoms with van der Waals surface area (Å²) in [5, 5.41) is 40.4. The van der Waals surface area contributed by atoms with Crippen molar-refractivity contribution >= 4 is 0 Å². The molecule has 5 heteroatoms. The fraction of sp³-hybridized carbons (Fsp3) is 1.00. The largest absolute Gasteiger partial charge is 0.391 e. The van der Waals surface area contributed by atoms with E-state index in [0.29, 0.717) is 0 Å². The number of piperidine rings is 1. The molecular formula is C7H13NO4. The molecule has 0 aromatic carbocycles. The average Bonchev–Trinajstić information content (AvgIpc) is 2.25. The zero-order chi connectivity index (χ0) is 8.93. The van der Waals surface area contributed by atoms with Gasteiger partial charge in [-0.3, -0.25) is 5.32 Å². The first-order valence-corrected chi connectivity index (χ1v) is 4.08. The molecular weight excluding hydrogens is 162 g/mol. The fourth-order valence-electron chi connectivity index (χ4n) is 2.02. The first-order chi connectivity index (χ1) is 5.54. The van der Waals surface area contributed by atoms with Crippen molar-refractivity contribution in [1.29, 1.82) is 0 Å². The van der Waals surface area contributed by atoms with Crippen LogP contribution < -0.4 is 5.32 Å². The predicted molar refractivity (Wildman–Crippen MR) is 39.1 cm³/mol. The molecule has 2 fully saturated rings.